The highest BCUT2D eigenvalue weighted by molar-refractivity contribution is 6.32. The number of amides is 2. The molecule has 1 saturated carbocycles. The molecule has 1 heterocycles. The topological polar surface area (TPSA) is 37.4 Å². The Balaban J connectivity index is 1.96. The van der Waals surface area contributed by atoms with Gasteiger partial charge in [0.25, 0.3) is 0 Å². The molecule has 0 aromatic heterocycles. The molecule has 3 nitrogen and oxygen atoms in total. The average molecular weight is 292 g/mol. The summed E-state index contributed by atoms with van der Waals surface area (Å²) >= 11 is 6.11. The Morgan fingerprint density at radius 2 is 1.85 bits per heavy atom. The van der Waals surface area contributed by atoms with Gasteiger partial charge in [0.2, 0.25) is 11.8 Å². The van der Waals surface area contributed by atoms with Crippen LogP contribution >= 0.6 is 11.6 Å². The van der Waals surface area contributed by atoms with E-state index < -0.39 is 0 Å². The van der Waals surface area contributed by atoms with E-state index in [0.717, 1.165) is 24.8 Å². The van der Waals surface area contributed by atoms with E-state index in [1.165, 1.54) is 4.90 Å². The van der Waals surface area contributed by atoms with E-state index in [-0.39, 0.29) is 23.7 Å². The van der Waals surface area contributed by atoms with Gasteiger partial charge in [-0.2, -0.15) is 0 Å². The molecule has 3 unspecified atom stereocenters. The Bertz CT molecular complexity index is 584. The standard InChI is InChI=1S/C16H18ClNO2/c1-9-3-6-12-13(7-9)16(20)18(15(12)19)11-5-4-10(2)14(17)8-11/h4-5,8-9,12-13H,3,6-7H2,1-2H3. The predicted molar refractivity (Wildman–Crippen MR) is 78.7 cm³/mol. The number of halogens is 1. The van der Waals surface area contributed by atoms with Crippen LogP contribution in [0.1, 0.15) is 31.7 Å². The highest BCUT2D eigenvalue weighted by atomic mass is 35.5. The number of fused-ring (bicyclic) bond motifs is 1. The number of rotatable bonds is 1. The SMILES string of the molecule is Cc1ccc(N2C(=O)C3CCC(C)CC3C2=O)cc1Cl. The lowest BCUT2D eigenvalue weighted by molar-refractivity contribution is -0.122. The van der Waals surface area contributed by atoms with Crippen molar-refractivity contribution in [1.29, 1.82) is 0 Å². The third kappa shape index (κ3) is 2.05. The minimum atomic E-state index is -0.133. The number of carbonyl (C=O) groups is 2. The summed E-state index contributed by atoms with van der Waals surface area (Å²) in [5.41, 5.74) is 1.55. The van der Waals surface area contributed by atoms with E-state index in [1.807, 2.05) is 13.0 Å². The van der Waals surface area contributed by atoms with Crippen LogP contribution in [0.25, 0.3) is 0 Å². The van der Waals surface area contributed by atoms with Crippen LogP contribution in [-0.2, 0) is 9.59 Å². The summed E-state index contributed by atoms with van der Waals surface area (Å²) in [6, 6.07) is 5.37. The van der Waals surface area contributed by atoms with E-state index in [9.17, 15) is 9.59 Å². The molecule has 1 aliphatic carbocycles. The number of imide groups is 1. The Morgan fingerprint density at radius 1 is 1.15 bits per heavy atom. The van der Waals surface area contributed by atoms with Crippen molar-refractivity contribution in [1.82, 2.24) is 0 Å². The van der Waals surface area contributed by atoms with Crippen molar-refractivity contribution in [2.75, 3.05) is 4.90 Å². The van der Waals surface area contributed by atoms with Crippen LogP contribution in [0.5, 0.6) is 0 Å². The zero-order chi connectivity index (χ0) is 14.4. The van der Waals surface area contributed by atoms with Crippen LogP contribution in [0.2, 0.25) is 5.02 Å². The number of benzene rings is 1. The molecular weight excluding hydrogens is 274 g/mol. The van der Waals surface area contributed by atoms with Crippen LogP contribution in [0, 0.1) is 24.7 Å². The fourth-order valence-electron chi connectivity index (χ4n) is 3.36. The minimum Gasteiger partial charge on any atom is -0.274 e. The fourth-order valence-corrected chi connectivity index (χ4v) is 3.54. The monoisotopic (exact) mass is 291 g/mol. The zero-order valence-corrected chi connectivity index (χ0v) is 12.5. The summed E-state index contributed by atoms with van der Waals surface area (Å²) in [5, 5.41) is 0.589. The van der Waals surface area contributed by atoms with Crippen molar-refractivity contribution in [2.24, 2.45) is 17.8 Å². The molecule has 4 heteroatoms. The number of nitrogens with zero attached hydrogens (tertiary/aromatic N) is 1. The lowest BCUT2D eigenvalue weighted by Crippen LogP contribution is -2.30. The van der Waals surface area contributed by atoms with Crippen molar-refractivity contribution in [3.05, 3.63) is 28.8 Å². The molecule has 3 rings (SSSR count). The highest BCUT2D eigenvalue weighted by Gasteiger charge is 2.49. The number of carbonyl (C=O) groups excluding carboxylic acids is 2. The molecule has 20 heavy (non-hydrogen) atoms. The summed E-state index contributed by atoms with van der Waals surface area (Å²) in [4.78, 5) is 26.4. The molecule has 1 aromatic carbocycles. The van der Waals surface area contributed by atoms with Gasteiger partial charge in [-0.3, -0.25) is 14.5 Å². The highest BCUT2D eigenvalue weighted by Crippen LogP contribution is 2.42. The third-order valence-corrected chi connectivity index (χ3v) is 5.01. The Morgan fingerprint density at radius 3 is 2.55 bits per heavy atom. The molecule has 0 radical (unpaired) electrons. The molecule has 1 saturated heterocycles. The van der Waals surface area contributed by atoms with Gasteiger partial charge in [0.1, 0.15) is 0 Å². The van der Waals surface area contributed by atoms with Gasteiger partial charge in [-0.15, -0.1) is 0 Å². The maximum atomic E-state index is 12.6. The molecule has 3 atom stereocenters. The summed E-state index contributed by atoms with van der Waals surface area (Å²) in [6.07, 6.45) is 2.68. The lowest BCUT2D eigenvalue weighted by atomic mass is 9.76. The first-order valence-corrected chi connectivity index (χ1v) is 7.51. The average Bonchev–Trinajstić information content (AvgIpc) is 2.65. The normalized spacial score (nSPS) is 29.8. The second kappa shape index (κ2) is 4.88. The van der Waals surface area contributed by atoms with Crippen LogP contribution in [0.15, 0.2) is 18.2 Å². The number of anilines is 1. The molecule has 1 aliphatic heterocycles. The maximum Gasteiger partial charge on any atom is 0.237 e. The molecule has 2 amide bonds. The number of hydrogen-bond donors (Lipinski definition) is 0. The quantitative estimate of drug-likeness (QED) is 0.742. The van der Waals surface area contributed by atoms with Gasteiger partial charge >= 0.3 is 0 Å². The summed E-state index contributed by atoms with van der Waals surface area (Å²) in [5.74, 6) is 0.165. The first-order valence-electron chi connectivity index (χ1n) is 7.13. The van der Waals surface area contributed by atoms with Gasteiger partial charge in [-0.25, -0.2) is 0 Å². The van der Waals surface area contributed by atoms with Gasteiger partial charge in [-0.05, 0) is 49.8 Å². The third-order valence-electron chi connectivity index (χ3n) is 4.60. The first-order chi connectivity index (χ1) is 9.49. The van der Waals surface area contributed by atoms with Gasteiger partial charge in [-0.1, -0.05) is 24.6 Å². The van der Waals surface area contributed by atoms with E-state index in [2.05, 4.69) is 6.92 Å². The van der Waals surface area contributed by atoms with E-state index in [0.29, 0.717) is 16.6 Å². The van der Waals surface area contributed by atoms with Crippen molar-refractivity contribution >= 4 is 29.1 Å². The predicted octanol–water partition coefficient (Wildman–Crippen LogP) is 3.57. The largest absolute Gasteiger partial charge is 0.274 e. The Labute approximate surface area is 123 Å². The van der Waals surface area contributed by atoms with Gasteiger partial charge in [0.05, 0.1) is 17.5 Å². The number of aryl methyl sites for hydroxylation is 1. The van der Waals surface area contributed by atoms with Gasteiger partial charge < -0.3 is 0 Å². The minimum absolute atomic E-state index is 0.0492. The summed E-state index contributed by atoms with van der Waals surface area (Å²) < 4.78 is 0. The number of hydrogen-bond acceptors (Lipinski definition) is 2. The lowest BCUT2D eigenvalue weighted by Gasteiger charge is -2.25. The summed E-state index contributed by atoms with van der Waals surface area (Å²) in [7, 11) is 0. The molecule has 2 fully saturated rings. The molecule has 0 bridgehead atoms. The molecule has 106 valence electrons. The molecular formula is C16H18ClNO2. The van der Waals surface area contributed by atoms with E-state index in [4.69, 9.17) is 11.6 Å². The molecule has 1 aromatic rings. The van der Waals surface area contributed by atoms with Crippen LogP contribution in [-0.4, -0.2) is 11.8 Å². The van der Waals surface area contributed by atoms with Gasteiger partial charge in [0.15, 0.2) is 0 Å². The molecule has 0 spiro atoms. The van der Waals surface area contributed by atoms with Crippen molar-refractivity contribution in [3.8, 4) is 0 Å². The van der Waals surface area contributed by atoms with E-state index in [1.54, 1.807) is 12.1 Å². The molecule has 2 aliphatic rings. The fraction of sp³-hybridized carbons (Fsp3) is 0.500. The van der Waals surface area contributed by atoms with Crippen LogP contribution < -0.4 is 4.90 Å². The van der Waals surface area contributed by atoms with Crippen molar-refractivity contribution < 1.29 is 9.59 Å². The van der Waals surface area contributed by atoms with Crippen LogP contribution in [0.3, 0.4) is 0 Å². The smallest absolute Gasteiger partial charge is 0.237 e. The van der Waals surface area contributed by atoms with Crippen LogP contribution in [0.4, 0.5) is 5.69 Å². The Hall–Kier alpha value is -1.35. The maximum absolute atomic E-state index is 12.6. The zero-order valence-electron chi connectivity index (χ0n) is 11.7. The second-order valence-electron chi connectivity index (χ2n) is 6.08. The second-order valence-corrected chi connectivity index (χ2v) is 6.48. The molecule has 0 N–H and O–H groups in total. The van der Waals surface area contributed by atoms with Crippen molar-refractivity contribution in [3.63, 3.8) is 0 Å². The van der Waals surface area contributed by atoms with E-state index >= 15 is 0 Å². The first kappa shape index (κ1) is 13.6. The summed E-state index contributed by atoms with van der Waals surface area (Å²) in [6.45, 7) is 4.06. The Kier molecular flexibility index (Phi) is 3.33. The van der Waals surface area contributed by atoms with Crippen molar-refractivity contribution in [2.45, 2.75) is 33.1 Å². The van der Waals surface area contributed by atoms with Gasteiger partial charge in [0, 0.05) is 5.02 Å².